The minimum absolute atomic E-state index is 0.000746. The lowest BCUT2D eigenvalue weighted by Crippen LogP contribution is -2.36. The van der Waals surface area contributed by atoms with E-state index in [0.29, 0.717) is 11.0 Å². The fourth-order valence-electron chi connectivity index (χ4n) is 2.56. The average molecular weight is 381 g/mol. The molecule has 138 valence electrons. The predicted octanol–water partition coefficient (Wildman–Crippen LogP) is 2.84. The number of aromatic nitrogens is 3. The number of amides is 3. The molecule has 3 aromatic rings. The van der Waals surface area contributed by atoms with E-state index in [1.54, 1.807) is 0 Å². The normalized spacial score (nSPS) is 10.6. The van der Waals surface area contributed by atoms with E-state index < -0.39 is 11.9 Å². The minimum Gasteiger partial charge on any atom is -0.351 e. The number of carbonyl (C=O) groups is 2. The first-order valence-electron chi connectivity index (χ1n) is 8.25. The number of imide groups is 1. The predicted molar refractivity (Wildman–Crippen MR) is 105 cm³/mol. The molecule has 27 heavy (non-hydrogen) atoms. The number of thioether (sulfide) groups is 1. The molecule has 3 N–H and O–H groups in total. The van der Waals surface area contributed by atoms with Crippen molar-refractivity contribution in [2.45, 2.75) is 19.0 Å². The van der Waals surface area contributed by atoms with Crippen molar-refractivity contribution < 1.29 is 9.59 Å². The summed E-state index contributed by atoms with van der Waals surface area (Å²) in [6.45, 7) is 4.03. The summed E-state index contributed by atoms with van der Waals surface area (Å²) in [5, 5.41) is 11.2. The van der Waals surface area contributed by atoms with Gasteiger partial charge >= 0.3 is 6.03 Å². The molecule has 8 heteroatoms. The number of urea groups is 1. The molecule has 0 aliphatic carbocycles. The van der Waals surface area contributed by atoms with Crippen LogP contribution in [-0.4, -0.2) is 32.5 Å². The lowest BCUT2D eigenvalue weighted by molar-refractivity contribution is -0.117. The largest absolute Gasteiger partial charge is 0.351 e. The van der Waals surface area contributed by atoms with Gasteiger partial charge in [-0.25, -0.2) is 4.79 Å². The Labute approximate surface area is 161 Å². The molecule has 0 aliphatic heterocycles. The van der Waals surface area contributed by atoms with Gasteiger partial charge in [-0.2, -0.15) is 0 Å². The van der Waals surface area contributed by atoms with E-state index in [9.17, 15) is 9.59 Å². The number of nitrogens with one attached hydrogen (secondary N) is 1. The van der Waals surface area contributed by atoms with Gasteiger partial charge in [0.05, 0.1) is 5.75 Å². The van der Waals surface area contributed by atoms with Crippen molar-refractivity contribution in [3.63, 3.8) is 0 Å². The van der Waals surface area contributed by atoms with Crippen LogP contribution >= 0.6 is 11.8 Å². The molecule has 0 aliphatic rings. The third-order valence-electron chi connectivity index (χ3n) is 3.80. The second kappa shape index (κ2) is 8.05. The Morgan fingerprint density at radius 3 is 2.48 bits per heavy atom. The zero-order valence-electron chi connectivity index (χ0n) is 15.0. The molecule has 0 fully saturated rings. The Kier molecular flexibility index (Phi) is 5.56. The lowest BCUT2D eigenvalue weighted by Gasteiger charge is -2.11. The fraction of sp³-hybridized carbons (Fsp3) is 0.158. The van der Waals surface area contributed by atoms with Gasteiger partial charge in [0, 0.05) is 11.3 Å². The summed E-state index contributed by atoms with van der Waals surface area (Å²) in [6, 6.07) is 15.1. The molecule has 7 nitrogen and oxygen atoms in total. The first-order chi connectivity index (χ1) is 12.9. The average Bonchev–Trinajstić information content (AvgIpc) is 3.04. The minimum atomic E-state index is -0.874. The van der Waals surface area contributed by atoms with E-state index in [1.807, 2.05) is 72.3 Å². The van der Waals surface area contributed by atoms with E-state index in [1.165, 1.54) is 11.8 Å². The Bertz CT molecular complexity index is 982. The third kappa shape index (κ3) is 4.53. The van der Waals surface area contributed by atoms with Crippen molar-refractivity contribution in [3.8, 4) is 17.1 Å². The molecule has 1 aromatic heterocycles. The van der Waals surface area contributed by atoms with Crippen molar-refractivity contribution in [1.29, 1.82) is 0 Å². The fourth-order valence-corrected chi connectivity index (χ4v) is 3.32. The van der Waals surface area contributed by atoms with Gasteiger partial charge in [0.25, 0.3) is 0 Å². The molecule has 2 aromatic carbocycles. The van der Waals surface area contributed by atoms with Crippen LogP contribution in [0.3, 0.4) is 0 Å². The monoisotopic (exact) mass is 381 g/mol. The molecule has 0 unspecified atom stereocenters. The van der Waals surface area contributed by atoms with Crippen LogP contribution in [0.1, 0.15) is 11.1 Å². The van der Waals surface area contributed by atoms with Crippen LogP contribution < -0.4 is 11.1 Å². The molecule has 0 atom stereocenters. The van der Waals surface area contributed by atoms with Crippen molar-refractivity contribution in [2.75, 3.05) is 5.75 Å². The molecule has 0 spiro atoms. The summed E-state index contributed by atoms with van der Waals surface area (Å²) in [6.07, 6.45) is 0. The van der Waals surface area contributed by atoms with E-state index >= 15 is 0 Å². The second-order valence-electron chi connectivity index (χ2n) is 6.05. The smallest absolute Gasteiger partial charge is 0.318 e. The van der Waals surface area contributed by atoms with Crippen molar-refractivity contribution in [1.82, 2.24) is 20.1 Å². The van der Waals surface area contributed by atoms with E-state index in [-0.39, 0.29) is 5.75 Å². The van der Waals surface area contributed by atoms with Crippen molar-refractivity contribution in [3.05, 3.63) is 59.7 Å². The number of rotatable bonds is 5. The van der Waals surface area contributed by atoms with Crippen LogP contribution in [0.2, 0.25) is 0 Å². The molecule has 0 bridgehead atoms. The summed E-state index contributed by atoms with van der Waals surface area (Å²) in [4.78, 5) is 22.6. The van der Waals surface area contributed by atoms with Gasteiger partial charge in [-0.1, -0.05) is 53.2 Å². The Morgan fingerprint density at radius 2 is 1.81 bits per heavy atom. The van der Waals surface area contributed by atoms with Gasteiger partial charge in [0.2, 0.25) is 5.91 Å². The Morgan fingerprint density at radius 1 is 1.07 bits per heavy atom. The van der Waals surface area contributed by atoms with Crippen molar-refractivity contribution >= 4 is 23.7 Å². The number of aryl methyl sites for hydroxylation is 2. The van der Waals surface area contributed by atoms with Crippen LogP contribution in [0.4, 0.5) is 4.79 Å². The molecule has 0 saturated carbocycles. The number of nitrogens with two attached hydrogens (primary N) is 1. The highest BCUT2D eigenvalue weighted by Gasteiger charge is 2.17. The maximum atomic E-state index is 11.8. The van der Waals surface area contributed by atoms with E-state index in [0.717, 1.165) is 22.4 Å². The van der Waals surface area contributed by atoms with Crippen molar-refractivity contribution in [2.24, 2.45) is 5.73 Å². The highest BCUT2D eigenvalue weighted by molar-refractivity contribution is 7.99. The van der Waals surface area contributed by atoms with Gasteiger partial charge < -0.3 is 5.73 Å². The molecule has 0 radical (unpaired) electrons. The van der Waals surface area contributed by atoms with Gasteiger partial charge in [-0.05, 0) is 32.0 Å². The summed E-state index contributed by atoms with van der Waals surface area (Å²) < 4.78 is 1.90. The summed E-state index contributed by atoms with van der Waals surface area (Å²) >= 11 is 1.19. The highest BCUT2D eigenvalue weighted by atomic mass is 32.2. The van der Waals surface area contributed by atoms with Crippen LogP contribution in [0.25, 0.3) is 17.1 Å². The second-order valence-corrected chi connectivity index (χ2v) is 6.99. The molecule has 3 rings (SSSR count). The molecule has 3 amide bonds. The van der Waals surface area contributed by atoms with Crippen LogP contribution in [0.15, 0.2) is 53.7 Å². The molecular weight excluding hydrogens is 362 g/mol. The van der Waals surface area contributed by atoms with Gasteiger partial charge in [0.1, 0.15) is 0 Å². The number of primary amides is 1. The third-order valence-corrected chi connectivity index (χ3v) is 4.73. The highest BCUT2D eigenvalue weighted by Crippen LogP contribution is 2.28. The van der Waals surface area contributed by atoms with E-state index in [2.05, 4.69) is 10.2 Å². The van der Waals surface area contributed by atoms with Gasteiger partial charge in [-0.15, -0.1) is 10.2 Å². The number of nitrogens with zero attached hydrogens (tertiary/aromatic N) is 3. The summed E-state index contributed by atoms with van der Waals surface area (Å²) in [5.74, 6) is 0.198. The quantitative estimate of drug-likeness (QED) is 0.662. The SMILES string of the molecule is Cc1ccc(-n2c(SCC(=O)NC(N)=O)nnc2-c2cccc(C)c2)cc1. The molecule has 0 saturated heterocycles. The number of carbonyl (C=O) groups excluding carboxylic acids is 2. The van der Waals surface area contributed by atoms with Crippen LogP contribution in [-0.2, 0) is 4.79 Å². The Balaban J connectivity index is 1.99. The topological polar surface area (TPSA) is 103 Å². The summed E-state index contributed by atoms with van der Waals surface area (Å²) in [5.41, 5.74) is 9.04. The Hall–Kier alpha value is -3.13. The van der Waals surface area contributed by atoms with Crippen LogP contribution in [0.5, 0.6) is 0 Å². The first kappa shape index (κ1) is 18.7. The molecular formula is C19H19N5O2S. The maximum Gasteiger partial charge on any atom is 0.318 e. The molecule has 1 heterocycles. The zero-order valence-corrected chi connectivity index (χ0v) is 15.8. The first-order valence-corrected chi connectivity index (χ1v) is 9.24. The number of benzene rings is 2. The standard InChI is InChI=1S/C19H19N5O2S/c1-12-6-8-15(9-7-12)24-17(14-5-3-4-13(2)10-14)22-23-19(24)27-11-16(25)21-18(20)26/h3-10H,11H2,1-2H3,(H3,20,21,25,26). The van der Waals surface area contributed by atoms with E-state index in [4.69, 9.17) is 5.73 Å². The maximum absolute atomic E-state index is 11.8. The van der Waals surface area contributed by atoms with Gasteiger partial charge in [-0.3, -0.25) is 14.7 Å². The number of hydrogen-bond acceptors (Lipinski definition) is 5. The van der Waals surface area contributed by atoms with Crippen LogP contribution in [0, 0.1) is 13.8 Å². The number of hydrogen-bond donors (Lipinski definition) is 2. The van der Waals surface area contributed by atoms with Gasteiger partial charge in [0.15, 0.2) is 11.0 Å². The summed E-state index contributed by atoms with van der Waals surface area (Å²) in [7, 11) is 0. The zero-order chi connectivity index (χ0) is 19.4. The lowest BCUT2D eigenvalue weighted by atomic mass is 10.1.